The third-order valence-electron chi connectivity index (χ3n) is 2.64. The maximum Gasteiger partial charge on any atom is 0.316 e. The highest BCUT2D eigenvalue weighted by molar-refractivity contribution is 6.02. The first-order chi connectivity index (χ1) is 9.58. The fourth-order valence-electron chi connectivity index (χ4n) is 1.66. The van der Waals surface area contributed by atoms with Gasteiger partial charge in [0.1, 0.15) is 5.76 Å². The lowest BCUT2D eigenvalue weighted by atomic mass is 10.2. The van der Waals surface area contributed by atoms with E-state index in [1.165, 1.54) is 0 Å². The van der Waals surface area contributed by atoms with Crippen molar-refractivity contribution in [3.05, 3.63) is 47.9 Å². The van der Waals surface area contributed by atoms with E-state index < -0.39 is 6.03 Å². The van der Waals surface area contributed by atoms with Crippen molar-refractivity contribution < 1.29 is 14.0 Å². The number of carbonyl (C=O) groups is 2. The van der Waals surface area contributed by atoms with Crippen LogP contribution in [0.3, 0.4) is 0 Å². The summed E-state index contributed by atoms with van der Waals surface area (Å²) in [5, 5.41) is 5.14. The zero-order chi connectivity index (χ0) is 14.5. The van der Waals surface area contributed by atoms with Gasteiger partial charge in [-0.05, 0) is 36.4 Å². The molecule has 20 heavy (non-hydrogen) atoms. The first kappa shape index (κ1) is 13.7. The molecule has 6 heteroatoms. The largest absolute Gasteiger partial charge is 0.456 e. The van der Waals surface area contributed by atoms with Crippen LogP contribution in [0.5, 0.6) is 0 Å². The van der Waals surface area contributed by atoms with E-state index in [0.717, 1.165) is 12.2 Å². The van der Waals surface area contributed by atoms with E-state index in [1.807, 2.05) is 6.92 Å². The van der Waals surface area contributed by atoms with Gasteiger partial charge in [0, 0.05) is 17.8 Å². The van der Waals surface area contributed by atoms with Crippen molar-refractivity contribution in [3.8, 4) is 0 Å². The van der Waals surface area contributed by atoms with E-state index in [4.69, 9.17) is 10.2 Å². The van der Waals surface area contributed by atoms with Crippen molar-refractivity contribution in [2.24, 2.45) is 5.73 Å². The van der Waals surface area contributed by atoms with Crippen LogP contribution in [0.15, 0.2) is 40.8 Å². The van der Waals surface area contributed by atoms with Gasteiger partial charge in [-0.25, -0.2) is 4.79 Å². The predicted octanol–water partition coefficient (Wildman–Crippen LogP) is 2.58. The molecule has 2 aromatic rings. The Morgan fingerprint density at radius 3 is 2.15 bits per heavy atom. The Morgan fingerprint density at radius 2 is 1.65 bits per heavy atom. The number of furan rings is 1. The molecule has 1 aromatic carbocycles. The number of amides is 3. The molecule has 0 spiro atoms. The maximum absolute atomic E-state index is 11.9. The van der Waals surface area contributed by atoms with Crippen molar-refractivity contribution in [1.82, 2.24) is 0 Å². The van der Waals surface area contributed by atoms with E-state index in [-0.39, 0.29) is 11.7 Å². The molecule has 4 N–H and O–H groups in total. The fraction of sp³-hybridized carbons (Fsp3) is 0.143. The number of rotatable bonds is 4. The highest BCUT2D eigenvalue weighted by atomic mass is 16.3. The number of primary amides is 1. The van der Waals surface area contributed by atoms with Crippen LogP contribution in [0.25, 0.3) is 0 Å². The zero-order valence-electron chi connectivity index (χ0n) is 11.0. The number of carbonyl (C=O) groups excluding carboxylic acids is 2. The molecule has 0 saturated heterocycles. The van der Waals surface area contributed by atoms with Crippen LogP contribution in [0.2, 0.25) is 0 Å². The molecule has 0 saturated carbocycles. The van der Waals surface area contributed by atoms with Gasteiger partial charge in [-0.2, -0.15) is 0 Å². The van der Waals surface area contributed by atoms with Crippen LogP contribution in [0, 0.1) is 0 Å². The second-order valence-corrected chi connectivity index (χ2v) is 4.14. The SMILES string of the molecule is CCc1ccc(C(=O)Nc2ccc(NC(N)=O)cc2)o1. The van der Waals surface area contributed by atoms with Gasteiger partial charge in [-0.1, -0.05) is 6.92 Å². The Hall–Kier alpha value is -2.76. The number of anilines is 2. The summed E-state index contributed by atoms with van der Waals surface area (Å²) in [6.45, 7) is 1.95. The summed E-state index contributed by atoms with van der Waals surface area (Å²) in [7, 11) is 0. The molecule has 0 aliphatic heterocycles. The molecule has 0 radical (unpaired) electrons. The average molecular weight is 273 g/mol. The highest BCUT2D eigenvalue weighted by Crippen LogP contribution is 2.15. The smallest absolute Gasteiger partial charge is 0.316 e. The lowest BCUT2D eigenvalue weighted by Crippen LogP contribution is -2.19. The summed E-state index contributed by atoms with van der Waals surface area (Å²) in [6.07, 6.45) is 0.737. The Labute approximate surface area is 116 Å². The number of benzene rings is 1. The van der Waals surface area contributed by atoms with Crippen molar-refractivity contribution in [3.63, 3.8) is 0 Å². The van der Waals surface area contributed by atoms with Crippen molar-refractivity contribution >= 4 is 23.3 Å². The Balaban J connectivity index is 2.02. The molecule has 0 aliphatic rings. The van der Waals surface area contributed by atoms with Crippen LogP contribution in [0.1, 0.15) is 23.2 Å². The first-order valence-electron chi connectivity index (χ1n) is 6.15. The van der Waals surface area contributed by atoms with Gasteiger partial charge >= 0.3 is 6.03 Å². The molecule has 104 valence electrons. The summed E-state index contributed by atoms with van der Waals surface area (Å²) in [5.74, 6) is 0.706. The quantitative estimate of drug-likeness (QED) is 0.798. The summed E-state index contributed by atoms with van der Waals surface area (Å²) in [5.41, 5.74) is 6.16. The van der Waals surface area contributed by atoms with Gasteiger partial charge in [0.05, 0.1) is 0 Å². The monoisotopic (exact) mass is 273 g/mol. The first-order valence-corrected chi connectivity index (χ1v) is 6.15. The summed E-state index contributed by atoms with van der Waals surface area (Å²) in [6, 6.07) is 9.37. The van der Waals surface area contributed by atoms with Gasteiger partial charge in [0.15, 0.2) is 5.76 Å². The Morgan fingerprint density at radius 1 is 1.05 bits per heavy atom. The summed E-state index contributed by atoms with van der Waals surface area (Å²) in [4.78, 5) is 22.6. The molecule has 2 rings (SSSR count). The molecule has 0 unspecified atom stereocenters. The second kappa shape index (κ2) is 5.92. The van der Waals surface area contributed by atoms with E-state index in [1.54, 1.807) is 36.4 Å². The van der Waals surface area contributed by atoms with Crippen LogP contribution in [-0.2, 0) is 6.42 Å². The molecular weight excluding hydrogens is 258 g/mol. The maximum atomic E-state index is 11.9. The summed E-state index contributed by atoms with van der Waals surface area (Å²) < 4.78 is 5.36. The van der Waals surface area contributed by atoms with Crippen LogP contribution < -0.4 is 16.4 Å². The van der Waals surface area contributed by atoms with Crippen LogP contribution in [0.4, 0.5) is 16.2 Å². The minimum absolute atomic E-state index is 0.265. The molecule has 0 atom stereocenters. The molecule has 3 amide bonds. The third kappa shape index (κ3) is 3.38. The molecular formula is C14H15N3O3. The number of hydrogen-bond donors (Lipinski definition) is 3. The predicted molar refractivity (Wildman–Crippen MR) is 75.7 cm³/mol. The molecule has 0 fully saturated rings. The Kier molecular flexibility index (Phi) is 4.05. The third-order valence-corrected chi connectivity index (χ3v) is 2.64. The van der Waals surface area contributed by atoms with Crippen LogP contribution in [-0.4, -0.2) is 11.9 Å². The van der Waals surface area contributed by atoms with E-state index in [2.05, 4.69) is 10.6 Å². The van der Waals surface area contributed by atoms with E-state index in [0.29, 0.717) is 11.4 Å². The van der Waals surface area contributed by atoms with Crippen molar-refractivity contribution in [2.45, 2.75) is 13.3 Å². The fourth-order valence-corrected chi connectivity index (χ4v) is 1.66. The van der Waals surface area contributed by atoms with E-state index >= 15 is 0 Å². The molecule has 6 nitrogen and oxygen atoms in total. The Bertz CT molecular complexity index is 617. The highest BCUT2D eigenvalue weighted by Gasteiger charge is 2.10. The normalized spacial score (nSPS) is 10.1. The van der Waals surface area contributed by atoms with Gasteiger partial charge in [0.2, 0.25) is 0 Å². The number of nitrogens with two attached hydrogens (primary N) is 1. The lowest BCUT2D eigenvalue weighted by Gasteiger charge is -2.05. The number of nitrogens with one attached hydrogen (secondary N) is 2. The minimum atomic E-state index is -0.635. The van der Waals surface area contributed by atoms with Gasteiger partial charge < -0.3 is 20.8 Å². The van der Waals surface area contributed by atoms with Gasteiger partial charge in [-0.15, -0.1) is 0 Å². The van der Waals surface area contributed by atoms with Crippen LogP contribution >= 0.6 is 0 Å². The second-order valence-electron chi connectivity index (χ2n) is 4.14. The van der Waals surface area contributed by atoms with Crippen molar-refractivity contribution in [1.29, 1.82) is 0 Å². The van der Waals surface area contributed by atoms with Gasteiger partial charge in [-0.3, -0.25) is 4.79 Å². The number of hydrogen-bond acceptors (Lipinski definition) is 3. The average Bonchev–Trinajstić information content (AvgIpc) is 2.89. The summed E-state index contributed by atoms with van der Waals surface area (Å²) >= 11 is 0. The number of aryl methyl sites for hydroxylation is 1. The van der Waals surface area contributed by atoms with Crippen molar-refractivity contribution in [2.75, 3.05) is 10.6 Å². The molecule has 1 aromatic heterocycles. The standard InChI is InChI=1S/C14H15N3O3/c1-2-11-7-8-12(20-11)13(18)16-9-3-5-10(6-4-9)17-14(15)19/h3-8H,2H2,1H3,(H,16,18)(H3,15,17,19). The minimum Gasteiger partial charge on any atom is -0.456 e. The topological polar surface area (TPSA) is 97.4 Å². The van der Waals surface area contributed by atoms with E-state index in [9.17, 15) is 9.59 Å². The lowest BCUT2D eigenvalue weighted by molar-refractivity contribution is 0.0995. The molecule has 0 aliphatic carbocycles. The zero-order valence-corrected chi connectivity index (χ0v) is 11.0. The molecule has 0 bridgehead atoms. The van der Waals surface area contributed by atoms with Gasteiger partial charge in [0.25, 0.3) is 5.91 Å². The molecule has 1 heterocycles. The number of urea groups is 1.